The van der Waals surface area contributed by atoms with Gasteiger partial charge in [-0.3, -0.25) is 4.90 Å². The number of nitrogens with zero attached hydrogens (tertiary/aromatic N) is 1. The lowest BCUT2D eigenvalue weighted by molar-refractivity contribution is 0.147. The fourth-order valence-electron chi connectivity index (χ4n) is 3.11. The Labute approximate surface area is 119 Å². The normalized spacial score (nSPS) is 20.1. The van der Waals surface area contributed by atoms with Gasteiger partial charge in [0.15, 0.2) is 5.95 Å². The number of rotatable bonds is 4. The molecule has 2 nitrogen and oxygen atoms in total. The molecule has 0 aliphatic carbocycles. The van der Waals surface area contributed by atoms with Crippen molar-refractivity contribution in [2.45, 2.75) is 31.7 Å². The summed E-state index contributed by atoms with van der Waals surface area (Å²) in [6.07, 6.45) is 4.65. The second-order valence-corrected chi connectivity index (χ2v) is 5.54. The van der Waals surface area contributed by atoms with Crippen molar-refractivity contribution in [2.24, 2.45) is 0 Å². The van der Waals surface area contributed by atoms with E-state index < -0.39 is 0 Å². The molecule has 0 saturated carbocycles. The first-order valence-electron chi connectivity index (χ1n) is 7.45. The van der Waals surface area contributed by atoms with E-state index in [-0.39, 0.29) is 5.95 Å². The fraction of sp³-hybridized carbons (Fsp3) is 0.412. The zero-order chi connectivity index (χ0) is 13.8. The van der Waals surface area contributed by atoms with E-state index in [4.69, 9.17) is 0 Å². The van der Waals surface area contributed by atoms with Crippen molar-refractivity contribution in [3.8, 4) is 0 Å². The van der Waals surface area contributed by atoms with Crippen LogP contribution in [0.15, 0.2) is 42.5 Å². The third-order valence-electron chi connectivity index (χ3n) is 4.18. The smallest absolute Gasteiger partial charge is 0.191 e. The SMILES string of the molecule is Fc1ccc(C2CCCCN2CCc2ccccc2)[nH]1. The number of benzene rings is 1. The Balaban J connectivity index is 1.66. The number of H-pyrrole nitrogens is 1. The van der Waals surface area contributed by atoms with Crippen LogP contribution in [-0.4, -0.2) is 23.0 Å². The molecule has 0 radical (unpaired) electrons. The summed E-state index contributed by atoms with van der Waals surface area (Å²) in [4.78, 5) is 5.35. The van der Waals surface area contributed by atoms with Crippen LogP contribution < -0.4 is 0 Å². The maximum absolute atomic E-state index is 13.2. The van der Waals surface area contributed by atoms with Gasteiger partial charge in [0.25, 0.3) is 0 Å². The van der Waals surface area contributed by atoms with Crippen LogP contribution in [0.2, 0.25) is 0 Å². The molecule has 0 spiro atoms. The van der Waals surface area contributed by atoms with Crippen molar-refractivity contribution in [1.29, 1.82) is 0 Å². The lowest BCUT2D eigenvalue weighted by Crippen LogP contribution is -2.35. The van der Waals surface area contributed by atoms with Crippen LogP contribution >= 0.6 is 0 Å². The second kappa shape index (κ2) is 6.23. The Morgan fingerprint density at radius 1 is 1.10 bits per heavy atom. The van der Waals surface area contributed by atoms with Crippen molar-refractivity contribution in [3.05, 3.63) is 59.7 Å². The van der Waals surface area contributed by atoms with Crippen LogP contribution in [0.4, 0.5) is 4.39 Å². The summed E-state index contributed by atoms with van der Waals surface area (Å²) in [6, 6.07) is 14.3. The van der Waals surface area contributed by atoms with Gasteiger partial charge in [0.05, 0.1) is 0 Å². The predicted octanol–water partition coefficient (Wildman–Crippen LogP) is 3.92. The molecule has 0 amide bonds. The lowest BCUT2D eigenvalue weighted by atomic mass is 9.98. The number of hydrogen-bond acceptors (Lipinski definition) is 1. The van der Waals surface area contributed by atoms with Crippen molar-refractivity contribution in [2.75, 3.05) is 13.1 Å². The van der Waals surface area contributed by atoms with E-state index in [1.54, 1.807) is 0 Å². The summed E-state index contributed by atoms with van der Waals surface area (Å²) in [6.45, 7) is 2.15. The van der Waals surface area contributed by atoms with E-state index in [1.165, 1.54) is 24.5 Å². The summed E-state index contributed by atoms with van der Waals surface area (Å²) in [7, 11) is 0. The molecule has 1 aliphatic rings. The van der Waals surface area contributed by atoms with Crippen molar-refractivity contribution in [1.82, 2.24) is 9.88 Å². The largest absolute Gasteiger partial charge is 0.334 e. The van der Waals surface area contributed by atoms with Crippen LogP contribution in [0.5, 0.6) is 0 Å². The molecule has 106 valence electrons. The lowest BCUT2D eigenvalue weighted by Gasteiger charge is -2.35. The molecular weight excluding hydrogens is 251 g/mol. The summed E-state index contributed by atoms with van der Waals surface area (Å²) in [5.74, 6) is -0.228. The summed E-state index contributed by atoms with van der Waals surface area (Å²) < 4.78 is 13.2. The third kappa shape index (κ3) is 3.10. The molecule has 20 heavy (non-hydrogen) atoms. The molecule has 2 heterocycles. The van der Waals surface area contributed by atoms with Gasteiger partial charge in [-0.05, 0) is 43.5 Å². The van der Waals surface area contributed by atoms with Gasteiger partial charge in [-0.15, -0.1) is 0 Å². The maximum atomic E-state index is 13.2. The summed E-state index contributed by atoms with van der Waals surface area (Å²) in [5.41, 5.74) is 2.39. The van der Waals surface area contributed by atoms with Gasteiger partial charge >= 0.3 is 0 Å². The summed E-state index contributed by atoms with van der Waals surface area (Å²) >= 11 is 0. The molecule has 1 aromatic heterocycles. The Kier molecular flexibility index (Phi) is 4.16. The van der Waals surface area contributed by atoms with Crippen LogP contribution in [0.1, 0.15) is 36.6 Å². The van der Waals surface area contributed by atoms with Gasteiger partial charge in [0.2, 0.25) is 0 Å². The Morgan fingerprint density at radius 2 is 1.95 bits per heavy atom. The number of nitrogens with one attached hydrogen (secondary N) is 1. The Morgan fingerprint density at radius 3 is 2.70 bits per heavy atom. The Hall–Kier alpha value is -1.61. The number of aromatic nitrogens is 1. The maximum Gasteiger partial charge on any atom is 0.191 e. The second-order valence-electron chi connectivity index (χ2n) is 5.54. The van der Waals surface area contributed by atoms with Crippen LogP contribution in [-0.2, 0) is 6.42 Å². The van der Waals surface area contributed by atoms with Crippen LogP contribution in [0.25, 0.3) is 0 Å². The number of hydrogen-bond donors (Lipinski definition) is 1. The zero-order valence-corrected chi connectivity index (χ0v) is 11.7. The van der Waals surface area contributed by atoms with E-state index in [9.17, 15) is 4.39 Å². The highest BCUT2D eigenvalue weighted by Crippen LogP contribution is 2.30. The molecule has 1 fully saturated rings. The molecule has 3 heteroatoms. The highest BCUT2D eigenvalue weighted by molar-refractivity contribution is 5.16. The van der Waals surface area contributed by atoms with E-state index in [0.717, 1.165) is 31.6 Å². The molecule has 1 N–H and O–H groups in total. The molecule has 0 bridgehead atoms. The third-order valence-corrected chi connectivity index (χ3v) is 4.18. The van der Waals surface area contributed by atoms with Crippen LogP contribution in [0.3, 0.4) is 0 Å². The average Bonchev–Trinajstić information content (AvgIpc) is 2.93. The van der Waals surface area contributed by atoms with Gasteiger partial charge in [-0.25, -0.2) is 0 Å². The Bertz CT molecular complexity index is 535. The standard InChI is InChI=1S/C17H21FN2/c18-17-10-9-15(19-17)16-8-4-5-12-20(16)13-11-14-6-2-1-3-7-14/h1-3,6-7,9-10,16,19H,4-5,8,11-13H2. The van der Waals surface area contributed by atoms with Gasteiger partial charge < -0.3 is 4.98 Å². The highest BCUT2D eigenvalue weighted by Gasteiger charge is 2.24. The van der Waals surface area contributed by atoms with Gasteiger partial charge in [0, 0.05) is 18.3 Å². The molecule has 3 rings (SSSR count). The van der Waals surface area contributed by atoms with E-state index in [1.807, 2.05) is 6.07 Å². The van der Waals surface area contributed by atoms with Crippen molar-refractivity contribution >= 4 is 0 Å². The predicted molar refractivity (Wildman–Crippen MR) is 79.1 cm³/mol. The number of likely N-dealkylation sites (tertiary alicyclic amines) is 1. The minimum Gasteiger partial charge on any atom is -0.334 e. The van der Waals surface area contributed by atoms with E-state index in [0.29, 0.717) is 6.04 Å². The van der Waals surface area contributed by atoms with Crippen molar-refractivity contribution in [3.63, 3.8) is 0 Å². The first kappa shape index (κ1) is 13.4. The van der Waals surface area contributed by atoms with E-state index >= 15 is 0 Å². The first-order valence-corrected chi connectivity index (χ1v) is 7.45. The molecule has 1 saturated heterocycles. The minimum atomic E-state index is -0.228. The van der Waals surface area contributed by atoms with Gasteiger partial charge in [0.1, 0.15) is 0 Å². The first-order chi connectivity index (χ1) is 9.83. The zero-order valence-electron chi connectivity index (χ0n) is 11.7. The molecule has 1 unspecified atom stereocenters. The highest BCUT2D eigenvalue weighted by atomic mass is 19.1. The molecule has 2 aromatic rings. The average molecular weight is 272 g/mol. The molecule has 1 aliphatic heterocycles. The monoisotopic (exact) mass is 272 g/mol. The minimum absolute atomic E-state index is 0.228. The van der Waals surface area contributed by atoms with Crippen molar-refractivity contribution < 1.29 is 4.39 Å². The molecule has 1 atom stereocenters. The number of aromatic amines is 1. The van der Waals surface area contributed by atoms with Gasteiger partial charge in [-0.1, -0.05) is 36.8 Å². The van der Waals surface area contributed by atoms with Gasteiger partial charge in [-0.2, -0.15) is 4.39 Å². The molecule has 1 aromatic carbocycles. The topological polar surface area (TPSA) is 19.0 Å². The van der Waals surface area contributed by atoms with E-state index in [2.05, 4.69) is 40.2 Å². The summed E-state index contributed by atoms with van der Waals surface area (Å²) in [5, 5.41) is 0. The number of piperidine rings is 1. The van der Waals surface area contributed by atoms with Crippen LogP contribution in [0, 0.1) is 5.95 Å². The fourth-order valence-corrected chi connectivity index (χ4v) is 3.11. The number of halogens is 1. The molecular formula is C17H21FN2. The quantitative estimate of drug-likeness (QED) is 0.893.